The van der Waals surface area contributed by atoms with Crippen LogP contribution >= 0.6 is 0 Å². The van der Waals surface area contributed by atoms with Crippen molar-refractivity contribution in [2.45, 2.75) is 13.0 Å². The lowest BCUT2D eigenvalue weighted by atomic mass is 10.1. The summed E-state index contributed by atoms with van der Waals surface area (Å²) in [6.45, 7) is 1.56. The van der Waals surface area contributed by atoms with E-state index in [1.165, 1.54) is 0 Å². The third kappa shape index (κ3) is 2.95. The number of benzene rings is 1. The fourth-order valence-electron chi connectivity index (χ4n) is 1.04. The van der Waals surface area contributed by atoms with E-state index in [-0.39, 0.29) is 5.56 Å². The average Bonchev–Trinajstić information content (AvgIpc) is 2.10. The molecule has 4 nitrogen and oxygen atoms in total. The maximum absolute atomic E-state index is 13.2. The second kappa shape index (κ2) is 4.65. The Balaban J connectivity index is 3.15. The first kappa shape index (κ1) is 12.0. The Morgan fingerprint density at radius 2 is 1.93 bits per heavy atom. The monoisotopic (exact) mass is 235 g/mol. The molecule has 3 N–H and O–H groups in total. The van der Waals surface area contributed by atoms with Gasteiger partial charge >= 0.3 is 0 Å². The highest BCUT2D eigenvalue weighted by Gasteiger charge is 2.12. The molecule has 0 amide bonds. The first-order valence-electron chi connectivity index (χ1n) is 4.02. The molecule has 0 bridgehead atoms. The maximum atomic E-state index is 13.2. The molecule has 0 heterocycles. The van der Waals surface area contributed by atoms with E-state index in [9.17, 15) is 17.5 Å². The summed E-state index contributed by atoms with van der Waals surface area (Å²) in [6, 6.07) is 1.45. The minimum Gasteiger partial charge on any atom is -0.755 e. The molecule has 1 aromatic carbocycles. The number of nitrogens with two attached hydrogens (primary N) is 1. The van der Waals surface area contributed by atoms with Gasteiger partial charge < -0.3 is 15.0 Å². The van der Waals surface area contributed by atoms with Crippen LogP contribution < -0.4 is 10.5 Å². The smallest absolute Gasteiger partial charge is 0.150 e. The van der Waals surface area contributed by atoms with Crippen LogP contribution in [0.1, 0.15) is 18.5 Å². The van der Waals surface area contributed by atoms with Crippen LogP contribution in [0.25, 0.3) is 0 Å². The Morgan fingerprint density at radius 1 is 1.47 bits per heavy atom. The van der Waals surface area contributed by atoms with E-state index >= 15 is 0 Å². The molecule has 0 spiro atoms. The molecule has 2 atom stereocenters. The molecule has 0 aliphatic carbocycles. The van der Waals surface area contributed by atoms with Crippen molar-refractivity contribution >= 4 is 17.0 Å². The van der Waals surface area contributed by atoms with Gasteiger partial charge in [0.25, 0.3) is 0 Å². The number of rotatable bonds is 3. The maximum Gasteiger partial charge on any atom is 0.150 e. The molecule has 15 heavy (non-hydrogen) atoms. The van der Waals surface area contributed by atoms with Crippen LogP contribution in [0.4, 0.5) is 14.5 Å². The van der Waals surface area contributed by atoms with Crippen molar-refractivity contribution in [3.8, 4) is 0 Å². The first-order chi connectivity index (χ1) is 6.91. The van der Waals surface area contributed by atoms with Gasteiger partial charge in [0.2, 0.25) is 0 Å². The lowest BCUT2D eigenvalue weighted by Crippen LogP contribution is -2.10. The van der Waals surface area contributed by atoms with E-state index in [4.69, 9.17) is 5.73 Å². The average molecular weight is 235 g/mol. The molecule has 7 heteroatoms. The van der Waals surface area contributed by atoms with E-state index in [1.807, 2.05) is 0 Å². The van der Waals surface area contributed by atoms with Gasteiger partial charge in [0.15, 0.2) is 11.6 Å². The number of hydrogen-bond acceptors (Lipinski definition) is 3. The van der Waals surface area contributed by atoms with Crippen LogP contribution in [0.5, 0.6) is 0 Å². The van der Waals surface area contributed by atoms with Crippen molar-refractivity contribution in [2.24, 2.45) is 5.73 Å². The lowest BCUT2D eigenvalue weighted by Gasteiger charge is -2.13. The van der Waals surface area contributed by atoms with Crippen molar-refractivity contribution in [1.29, 1.82) is 0 Å². The molecule has 0 aliphatic rings. The van der Waals surface area contributed by atoms with E-state index in [2.05, 4.69) is 0 Å². The lowest BCUT2D eigenvalue weighted by molar-refractivity contribution is 0.539. The summed E-state index contributed by atoms with van der Waals surface area (Å²) in [6.07, 6.45) is 0. The molecular weight excluding hydrogens is 226 g/mol. The number of nitrogens with one attached hydrogen (secondary N) is 1. The Hall–Kier alpha value is -1.05. The third-order valence-electron chi connectivity index (χ3n) is 1.78. The van der Waals surface area contributed by atoms with Crippen LogP contribution in [0.2, 0.25) is 0 Å². The zero-order valence-corrected chi connectivity index (χ0v) is 8.61. The zero-order chi connectivity index (χ0) is 11.6. The van der Waals surface area contributed by atoms with Gasteiger partial charge in [-0.05, 0) is 24.6 Å². The van der Waals surface area contributed by atoms with Crippen LogP contribution in [0.3, 0.4) is 0 Å². The fourth-order valence-corrected chi connectivity index (χ4v) is 1.40. The Bertz CT molecular complexity index is 375. The molecule has 84 valence electrons. The predicted molar refractivity (Wildman–Crippen MR) is 51.5 cm³/mol. The van der Waals surface area contributed by atoms with E-state index < -0.39 is 34.6 Å². The van der Waals surface area contributed by atoms with Crippen LogP contribution in [-0.4, -0.2) is 8.76 Å². The third-order valence-corrected chi connectivity index (χ3v) is 2.15. The molecule has 1 rings (SSSR count). The van der Waals surface area contributed by atoms with E-state index in [1.54, 1.807) is 11.6 Å². The van der Waals surface area contributed by atoms with Gasteiger partial charge in [0.05, 0.1) is 0 Å². The summed E-state index contributed by atoms with van der Waals surface area (Å²) < 4.78 is 48.5. The van der Waals surface area contributed by atoms with Gasteiger partial charge in [-0.15, -0.1) is 0 Å². The van der Waals surface area contributed by atoms with Gasteiger partial charge in [-0.3, -0.25) is 4.21 Å². The van der Waals surface area contributed by atoms with E-state index in [0.29, 0.717) is 0 Å². The van der Waals surface area contributed by atoms with E-state index in [0.717, 1.165) is 12.1 Å². The second-order valence-corrected chi connectivity index (χ2v) is 3.66. The summed E-state index contributed by atoms with van der Waals surface area (Å²) in [4.78, 5) is 0. The summed E-state index contributed by atoms with van der Waals surface area (Å²) in [5, 5.41) is 0. The van der Waals surface area contributed by atoms with Crippen LogP contribution in [0.15, 0.2) is 12.1 Å². The summed E-state index contributed by atoms with van der Waals surface area (Å²) >= 11 is -2.77. The normalized spacial score (nSPS) is 14.7. The summed E-state index contributed by atoms with van der Waals surface area (Å²) in [5.41, 5.74) is 4.98. The number of halogens is 2. The number of hydrogen-bond donors (Lipinski definition) is 2. The van der Waals surface area contributed by atoms with Gasteiger partial charge in [0, 0.05) is 17.3 Å². The quantitative estimate of drug-likeness (QED) is 0.772. The largest absolute Gasteiger partial charge is 0.755 e. The highest BCUT2D eigenvalue weighted by Crippen LogP contribution is 2.23. The molecule has 0 radical (unpaired) electrons. The molecule has 0 saturated carbocycles. The highest BCUT2D eigenvalue weighted by atomic mass is 32.2. The highest BCUT2D eigenvalue weighted by molar-refractivity contribution is 7.80. The second-order valence-electron chi connectivity index (χ2n) is 2.98. The Labute approximate surface area is 87.9 Å². The summed E-state index contributed by atoms with van der Waals surface area (Å²) in [5.74, 6) is -1.99. The predicted octanol–water partition coefficient (Wildman–Crippen LogP) is 1.19. The summed E-state index contributed by atoms with van der Waals surface area (Å²) in [7, 11) is 0. The molecule has 0 fully saturated rings. The Kier molecular flexibility index (Phi) is 3.72. The van der Waals surface area contributed by atoms with Crippen LogP contribution in [-0.2, 0) is 11.3 Å². The SMILES string of the molecule is C[C@@H](N)c1cc(F)c(NS(=O)[O-])c(F)c1. The van der Waals surface area contributed by atoms with Crippen molar-refractivity contribution in [2.75, 3.05) is 4.72 Å². The van der Waals surface area contributed by atoms with Crippen molar-refractivity contribution in [3.05, 3.63) is 29.3 Å². The minimum absolute atomic E-state index is 0.257. The topological polar surface area (TPSA) is 78.2 Å². The van der Waals surface area contributed by atoms with Crippen molar-refractivity contribution in [3.63, 3.8) is 0 Å². The van der Waals surface area contributed by atoms with Gasteiger partial charge in [-0.1, -0.05) is 0 Å². The molecule has 0 aliphatic heterocycles. The Morgan fingerprint density at radius 3 is 2.27 bits per heavy atom. The van der Waals surface area contributed by atoms with Gasteiger partial charge in [-0.2, -0.15) is 0 Å². The number of anilines is 1. The molecule has 0 saturated heterocycles. The molecular formula is C8H9F2N2O2S-. The van der Waals surface area contributed by atoms with Gasteiger partial charge in [0.1, 0.15) is 5.69 Å². The van der Waals surface area contributed by atoms with Crippen LogP contribution in [0, 0.1) is 11.6 Å². The van der Waals surface area contributed by atoms with Crippen molar-refractivity contribution < 1.29 is 17.5 Å². The van der Waals surface area contributed by atoms with Gasteiger partial charge in [-0.25, -0.2) is 8.78 Å². The van der Waals surface area contributed by atoms with Crippen molar-refractivity contribution in [1.82, 2.24) is 0 Å². The standard InChI is InChI=1S/C8H10F2N2O2S/c1-4(11)5-2-6(9)8(7(10)3-5)12-15(13)14/h2-4,12H,11H2,1H3,(H,13,14)/p-1/t4-/m1/s1. The minimum atomic E-state index is -2.77. The molecule has 1 aromatic rings. The molecule has 1 unspecified atom stereocenters. The molecule has 0 aromatic heterocycles. The zero-order valence-electron chi connectivity index (χ0n) is 7.79. The first-order valence-corrected chi connectivity index (χ1v) is 5.09. The fraction of sp³-hybridized carbons (Fsp3) is 0.250.